The first-order valence-corrected chi connectivity index (χ1v) is 9.05. The average molecular weight is 410 g/mol. The lowest BCUT2D eigenvalue weighted by atomic mass is 10.1. The average Bonchev–Trinajstić information content (AvgIpc) is 3.09. The Hall–Kier alpha value is -2.36. The van der Waals surface area contributed by atoms with E-state index in [-0.39, 0.29) is 0 Å². The van der Waals surface area contributed by atoms with Gasteiger partial charge < -0.3 is 0 Å². The van der Waals surface area contributed by atoms with Crippen LogP contribution in [0, 0.1) is 0 Å². The fraction of sp³-hybridized carbons (Fsp3) is 0. The van der Waals surface area contributed by atoms with Crippen LogP contribution in [-0.2, 0) is 0 Å². The summed E-state index contributed by atoms with van der Waals surface area (Å²) >= 11 is 9.53. The molecule has 2 nitrogen and oxygen atoms in total. The second-order valence-electron chi connectivity index (χ2n) is 5.68. The van der Waals surface area contributed by atoms with E-state index in [1.807, 2.05) is 71.4 Å². The highest BCUT2D eigenvalue weighted by Crippen LogP contribution is 2.29. The molecule has 0 saturated heterocycles. The standard InChI is InChI=1S/C21H14BrClN2/c22-17-8-12-19(13-9-17)25-21(16-6-10-18(23)11-7-16)14-20(24-25)15-4-2-1-3-5-15/h1-14H. The molecule has 0 bridgehead atoms. The van der Waals surface area contributed by atoms with Crippen LogP contribution in [0.4, 0.5) is 0 Å². The Morgan fingerprint density at radius 3 is 2.12 bits per heavy atom. The van der Waals surface area contributed by atoms with Gasteiger partial charge in [0, 0.05) is 20.6 Å². The van der Waals surface area contributed by atoms with E-state index in [1.54, 1.807) is 0 Å². The van der Waals surface area contributed by atoms with Gasteiger partial charge in [0.25, 0.3) is 0 Å². The van der Waals surface area contributed by atoms with E-state index in [4.69, 9.17) is 16.7 Å². The molecule has 0 unspecified atom stereocenters. The monoisotopic (exact) mass is 408 g/mol. The zero-order valence-electron chi connectivity index (χ0n) is 13.2. The van der Waals surface area contributed by atoms with E-state index in [0.717, 1.165) is 37.7 Å². The highest BCUT2D eigenvalue weighted by Gasteiger charge is 2.13. The summed E-state index contributed by atoms with van der Waals surface area (Å²) in [6.45, 7) is 0. The first-order chi connectivity index (χ1) is 12.2. The maximum absolute atomic E-state index is 6.05. The van der Waals surface area contributed by atoms with Crippen LogP contribution in [0.25, 0.3) is 28.2 Å². The first-order valence-electron chi connectivity index (χ1n) is 7.88. The third-order valence-electron chi connectivity index (χ3n) is 3.99. The summed E-state index contributed by atoms with van der Waals surface area (Å²) in [4.78, 5) is 0. The van der Waals surface area contributed by atoms with Gasteiger partial charge in [0.05, 0.1) is 17.1 Å². The van der Waals surface area contributed by atoms with Crippen LogP contribution in [0.5, 0.6) is 0 Å². The van der Waals surface area contributed by atoms with Crippen molar-refractivity contribution in [1.29, 1.82) is 0 Å². The Morgan fingerprint density at radius 1 is 0.760 bits per heavy atom. The van der Waals surface area contributed by atoms with Crippen LogP contribution in [-0.4, -0.2) is 9.78 Å². The van der Waals surface area contributed by atoms with Crippen molar-refractivity contribution in [2.24, 2.45) is 0 Å². The molecule has 0 aliphatic heterocycles. The van der Waals surface area contributed by atoms with Crippen LogP contribution in [0.1, 0.15) is 0 Å². The lowest BCUT2D eigenvalue weighted by Crippen LogP contribution is -1.99. The van der Waals surface area contributed by atoms with E-state index >= 15 is 0 Å². The summed E-state index contributed by atoms with van der Waals surface area (Å²) in [7, 11) is 0. The number of halogens is 2. The molecule has 122 valence electrons. The lowest BCUT2D eigenvalue weighted by molar-refractivity contribution is 0.891. The fourth-order valence-corrected chi connectivity index (χ4v) is 3.13. The van der Waals surface area contributed by atoms with Gasteiger partial charge in [0.2, 0.25) is 0 Å². The van der Waals surface area contributed by atoms with Gasteiger partial charge in [-0.25, -0.2) is 4.68 Å². The molecule has 0 saturated carbocycles. The summed E-state index contributed by atoms with van der Waals surface area (Å²) in [5, 5.41) is 5.57. The van der Waals surface area contributed by atoms with Crippen LogP contribution < -0.4 is 0 Å². The van der Waals surface area contributed by atoms with Gasteiger partial charge in [-0.3, -0.25) is 0 Å². The molecule has 25 heavy (non-hydrogen) atoms. The topological polar surface area (TPSA) is 17.8 Å². The highest BCUT2D eigenvalue weighted by atomic mass is 79.9. The van der Waals surface area contributed by atoms with E-state index in [9.17, 15) is 0 Å². The molecule has 0 amide bonds. The molecule has 4 rings (SSSR count). The Kier molecular flexibility index (Phi) is 4.43. The lowest BCUT2D eigenvalue weighted by Gasteiger charge is -2.08. The SMILES string of the molecule is Clc1ccc(-c2cc(-c3ccccc3)nn2-c2ccc(Br)cc2)cc1. The molecule has 0 aliphatic rings. The van der Waals surface area contributed by atoms with Crippen molar-refractivity contribution in [2.45, 2.75) is 0 Å². The van der Waals surface area contributed by atoms with E-state index < -0.39 is 0 Å². The fourth-order valence-electron chi connectivity index (χ4n) is 2.74. The number of hydrogen-bond acceptors (Lipinski definition) is 1. The number of benzene rings is 3. The van der Waals surface area contributed by atoms with Crippen molar-refractivity contribution in [3.8, 4) is 28.2 Å². The molecule has 4 heteroatoms. The maximum atomic E-state index is 6.05. The number of hydrogen-bond donors (Lipinski definition) is 0. The first kappa shape index (κ1) is 16.1. The highest BCUT2D eigenvalue weighted by molar-refractivity contribution is 9.10. The molecular formula is C21H14BrClN2. The molecule has 0 atom stereocenters. The van der Waals surface area contributed by atoms with Gasteiger partial charge in [0.1, 0.15) is 0 Å². The predicted octanol–water partition coefficient (Wildman–Crippen LogP) is 6.62. The third-order valence-corrected chi connectivity index (χ3v) is 4.77. The zero-order chi connectivity index (χ0) is 17.2. The van der Waals surface area contributed by atoms with Crippen LogP contribution >= 0.6 is 27.5 Å². The molecule has 1 aromatic heterocycles. The van der Waals surface area contributed by atoms with Crippen molar-refractivity contribution in [1.82, 2.24) is 9.78 Å². The van der Waals surface area contributed by atoms with Gasteiger partial charge in [0.15, 0.2) is 0 Å². The molecule has 1 heterocycles. The Bertz CT molecular complexity index is 928. The maximum Gasteiger partial charge on any atom is 0.0934 e. The van der Waals surface area contributed by atoms with Crippen LogP contribution in [0.2, 0.25) is 5.02 Å². The Balaban J connectivity index is 1.89. The van der Waals surface area contributed by atoms with Gasteiger partial charge >= 0.3 is 0 Å². The van der Waals surface area contributed by atoms with Crippen LogP contribution in [0.3, 0.4) is 0 Å². The third kappa shape index (κ3) is 3.39. The molecule has 0 radical (unpaired) electrons. The normalized spacial score (nSPS) is 10.8. The summed E-state index contributed by atoms with van der Waals surface area (Å²) in [6.07, 6.45) is 0. The van der Waals surface area contributed by atoms with Crippen molar-refractivity contribution < 1.29 is 0 Å². The van der Waals surface area contributed by atoms with Gasteiger partial charge in [-0.2, -0.15) is 5.10 Å². The minimum Gasteiger partial charge on any atom is -0.232 e. The number of rotatable bonds is 3. The van der Waals surface area contributed by atoms with Crippen LogP contribution in [0.15, 0.2) is 89.4 Å². The molecule has 0 aliphatic carbocycles. The van der Waals surface area contributed by atoms with Gasteiger partial charge in [-0.1, -0.05) is 70.0 Å². The minimum atomic E-state index is 0.724. The predicted molar refractivity (Wildman–Crippen MR) is 107 cm³/mol. The largest absolute Gasteiger partial charge is 0.232 e. The molecule has 4 aromatic rings. The molecule has 3 aromatic carbocycles. The van der Waals surface area contributed by atoms with Crippen molar-refractivity contribution in [3.05, 3.63) is 94.4 Å². The summed E-state index contributed by atoms with van der Waals surface area (Å²) in [5.74, 6) is 0. The molecule has 0 spiro atoms. The van der Waals surface area contributed by atoms with E-state index in [2.05, 4.69) is 34.1 Å². The van der Waals surface area contributed by atoms with E-state index in [0.29, 0.717) is 0 Å². The number of aromatic nitrogens is 2. The Labute approximate surface area is 159 Å². The quantitative estimate of drug-likeness (QED) is 0.371. The van der Waals surface area contributed by atoms with Gasteiger partial charge in [-0.15, -0.1) is 0 Å². The van der Waals surface area contributed by atoms with Crippen molar-refractivity contribution in [3.63, 3.8) is 0 Å². The number of nitrogens with zero attached hydrogens (tertiary/aromatic N) is 2. The summed E-state index contributed by atoms with van der Waals surface area (Å²) < 4.78 is 3.01. The van der Waals surface area contributed by atoms with E-state index in [1.165, 1.54) is 0 Å². The zero-order valence-corrected chi connectivity index (χ0v) is 15.6. The van der Waals surface area contributed by atoms with Gasteiger partial charge in [-0.05, 0) is 42.5 Å². The second kappa shape index (κ2) is 6.87. The van der Waals surface area contributed by atoms with Crippen molar-refractivity contribution >= 4 is 27.5 Å². The summed E-state index contributed by atoms with van der Waals surface area (Å²) in [6, 6.07) is 28.3. The minimum absolute atomic E-state index is 0.724. The van der Waals surface area contributed by atoms with Crippen molar-refractivity contribution in [2.75, 3.05) is 0 Å². The smallest absolute Gasteiger partial charge is 0.0934 e. The molecule has 0 fully saturated rings. The second-order valence-corrected chi connectivity index (χ2v) is 7.03. The summed E-state index contributed by atoms with van der Waals surface area (Å²) in [5.41, 5.74) is 5.14. The Morgan fingerprint density at radius 2 is 1.44 bits per heavy atom. The molecular weight excluding hydrogens is 396 g/mol. The molecule has 0 N–H and O–H groups in total.